The van der Waals surface area contributed by atoms with E-state index in [2.05, 4.69) is 10.6 Å². The van der Waals surface area contributed by atoms with Gasteiger partial charge in [0.25, 0.3) is 0 Å². The first-order valence-corrected chi connectivity index (χ1v) is 6.93. The van der Waals surface area contributed by atoms with Crippen molar-refractivity contribution in [3.8, 4) is 5.75 Å². The lowest BCUT2D eigenvalue weighted by Crippen LogP contribution is -2.17. The van der Waals surface area contributed by atoms with Crippen LogP contribution in [0.1, 0.15) is 12.0 Å². The zero-order valence-corrected chi connectivity index (χ0v) is 12.3. The van der Waals surface area contributed by atoms with Crippen molar-refractivity contribution in [1.82, 2.24) is 0 Å². The summed E-state index contributed by atoms with van der Waals surface area (Å²) in [5.74, 6) is 0.767. The van der Waals surface area contributed by atoms with E-state index in [4.69, 9.17) is 4.74 Å². The van der Waals surface area contributed by atoms with E-state index in [-0.39, 0.29) is 5.91 Å². The summed E-state index contributed by atoms with van der Waals surface area (Å²) >= 11 is 0. The van der Waals surface area contributed by atoms with E-state index in [9.17, 15) is 4.79 Å². The van der Waals surface area contributed by atoms with Crippen LogP contribution >= 0.6 is 0 Å². The minimum absolute atomic E-state index is 0.00769. The Kier molecular flexibility index (Phi) is 5.21. The largest absolute Gasteiger partial charge is 0.495 e. The maximum absolute atomic E-state index is 11.9. The average Bonchev–Trinajstić information content (AvgIpc) is 2.50. The van der Waals surface area contributed by atoms with Crippen LogP contribution in [0.2, 0.25) is 0 Å². The van der Waals surface area contributed by atoms with Crippen LogP contribution < -0.4 is 15.4 Å². The lowest BCUT2D eigenvalue weighted by molar-refractivity contribution is -0.115. The standard InChI is InChI=1S/C17H20N2O2/c1-13-7-3-4-8-14(13)19-17(20)11-12-18-15-9-5-6-10-16(15)21-2/h3-10,18H,11-12H2,1-2H3,(H,19,20). The van der Waals surface area contributed by atoms with Gasteiger partial charge >= 0.3 is 0 Å². The average molecular weight is 284 g/mol. The summed E-state index contributed by atoms with van der Waals surface area (Å²) in [6, 6.07) is 15.4. The summed E-state index contributed by atoms with van der Waals surface area (Å²) in [7, 11) is 1.63. The van der Waals surface area contributed by atoms with E-state index in [1.54, 1.807) is 7.11 Å². The number of nitrogens with one attached hydrogen (secondary N) is 2. The Morgan fingerprint density at radius 3 is 2.43 bits per heavy atom. The molecular formula is C17H20N2O2. The van der Waals surface area contributed by atoms with Gasteiger partial charge in [-0.05, 0) is 30.7 Å². The molecule has 110 valence electrons. The minimum atomic E-state index is -0.00769. The van der Waals surface area contributed by atoms with Crippen LogP contribution in [0.3, 0.4) is 0 Å². The highest BCUT2D eigenvalue weighted by Crippen LogP contribution is 2.22. The SMILES string of the molecule is COc1ccccc1NCCC(=O)Nc1ccccc1C. The monoisotopic (exact) mass is 284 g/mol. The third-order valence-corrected chi connectivity index (χ3v) is 3.19. The first-order chi connectivity index (χ1) is 10.2. The van der Waals surface area contributed by atoms with Crippen molar-refractivity contribution >= 4 is 17.3 Å². The predicted molar refractivity (Wildman–Crippen MR) is 85.9 cm³/mol. The predicted octanol–water partition coefficient (Wildman–Crippen LogP) is 3.44. The van der Waals surface area contributed by atoms with Crippen LogP contribution in [0.4, 0.5) is 11.4 Å². The molecule has 0 saturated carbocycles. The van der Waals surface area contributed by atoms with Crippen LogP contribution in [-0.2, 0) is 4.79 Å². The number of rotatable bonds is 6. The second-order valence-electron chi connectivity index (χ2n) is 4.74. The van der Waals surface area contributed by atoms with Gasteiger partial charge in [0.15, 0.2) is 0 Å². The molecular weight excluding hydrogens is 264 g/mol. The van der Waals surface area contributed by atoms with Crippen molar-refractivity contribution in [2.45, 2.75) is 13.3 Å². The number of benzene rings is 2. The molecule has 0 aliphatic carbocycles. The lowest BCUT2D eigenvalue weighted by Gasteiger charge is -2.11. The van der Waals surface area contributed by atoms with Crippen molar-refractivity contribution in [2.75, 3.05) is 24.3 Å². The molecule has 0 atom stereocenters. The van der Waals surface area contributed by atoms with Gasteiger partial charge in [-0.2, -0.15) is 0 Å². The Labute approximate surface area is 125 Å². The molecule has 0 unspecified atom stereocenters. The Morgan fingerprint density at radius 2 is 1.71 bits per heavy atom. The maximum Gasteiger partial charge on any atom is 0.226 e. The number of aryl methyl sites for hydroxylation is 1. The molecule has 2 rings (SSSR count). The number of hydrogen-bond acceptors (Lipinski definition) is 3. The summed E-state index contributed by atoms with van der Waals surface area (Å²) in [6.07, 6.45) is 0.395. The third kappa shape index (κ3) is 4.24. The molecule has 2 aromatic rings. The number of carbonyl (C=O) groups excluding carboxylic acids is 1. The van der Waals surface area contributed by atoms with Crippen molar-refractivity contribution < 1.29 is 9.53 Å². The van der Waals surface area contributed by atoms with Gasteiger partial charge < -0.3 is 15.4 Å². The molecule has 21 heavy (non-hydrogen) atoms. The smallest absolute Gasteiger partial charge is 0.226 e. The van der Waals surface area contributed by atoms with E-state index in [0.29, 0.717) is 13.0 Å². The highest BCUT2D eigenvalue weighted by Gasteiger charge is 2.05. The number of hydrogen-bond donors (Lipinski definition) is 2. The van der Waals surface area contributed by atoms with Crippen molar-refractivity contribution in [3.05, 3.63) is 54.1 Å². The van der Waals surface area contributed by atoms with Crippen LogP contribution in [0, 0.1) is 6.92 Å². The number of ether oxygens (including phenoxy) is 1. The topological polar surface area (TPSA) is 50.4 Å². The molecule has 0 bridgehead atoms. The van der Waals surface area contributed by atoms with Crippen molar-refractivity contribution in [2.24, 2.45) is 0 Å². The molecule has 0 heterocycles. The van der Waals surface area contributed by atoms with E-state index < -0.39 is 0 Å². The normalized spacial score (nSPS) is 10.0. The van der Waals surface area contributed by atoms with Crippen molar-refractivity contribution in [1.29, 1.82) is 0 Å². The zero-order valence-electron chi connectivity index (χ0n) is 12.3. The van der Waals surface area contributed by atoms with Crippen LogP contribution in [-0.4, -0.2) is 19.6 Å². The quantitative estimate of drug-likeness (QED) is 0.854. The van der Waals surface area contributed by atoms with E-state index in [1.165, 1.54) is 0 Å². The molecule has 0 aromatic heterocycles. The fraction of sp³-hybridized carbons (Fsp3) is 0.235. The number of carbonyl (C=O) groups is 1. The Balaban J connectivity index is 1.83. The van der Waals surface area contributed by atoms with Crippen LogP contribution in [0.25, 0.3) is 0 Å². The van der Waals surface area contributed by atoms with E-state index >= 15 is 0 Å². The van der Waals surface area contributed by atoms with Gasteiger partial charge in [-0.3, -0.25) is 4.79 Å². The summed E-state index contributed by atoms with van der Waals surface area (Å²) in [5, 5.41) is 6.12. The molecule has 0 saturated heterocycles. The van der Waals surface area contributed by atoms with Gasteiger partial charge in [0, 0.05) is 18.7 Å². The molecule has 0 aliphatic rings. The summed E-state index contributed by atoms with van der Waals surface area (Å²) in [6.45, 7) is 2.53. The van der Waals surface area contributed by atoms with Gasteiger partial charge in [-0.1, -0.05) is 30.3 Å². The Morgan fingerprint density at radius 1 is 1.05 bits per heavy atom. The van der Waals surface area contributed by atoms with Gasteiger partial charge in [0.05, 0.1) is 12.8 Å². The van der Waals surface area contributed by atoms with Crippen LogP contribution in [0.5, 0.6) is 5.75 Å². The molecule has 0 radical (unpaired) electrons. The molecule has 0 spiro atoms. The van der Waals surface area contributed by atoms with E-state index in [0.717, 1.165) is 22.7 Å². The second kappa shape index (κ2) is 7.33. The summed E-state index contributed by atoms with van der Waals surface area (Å²) in [4.78, 5) is 11.9. The summed E-state index contributed by atoms with van der Waals surface area (Å²) in [5.41, 5.74) is 2.81. The molecule has 4 heteroatoms. The fourth-order valence-corrected chi connectivity index (χ4v) is 2.03. The molecule has 2 N–H and O–H groups in total. The highest BCUT2D eigenvalue weighted by atomic mass is 16.5. The molecule has 0 aliphatic heterocycles. The highest BCUT2D eigenvalue weighted by molar-refractivity contribution is 5.91. The first kappa shape index (κ1) is 14.9. The maximum atomic E-state index is 11.9. The molecule has 2 aromatic carbocycles. The Hall–Kier alpha value is -2.49. The first-order valence-electron chi connectivity index (χ1n) is 6.93. The molecule has 4 nitrogen and oxygen atoms in total. The Bertz CT molecular complexity index is 611. The lowest BCUT2D eigenvalue weighted by atomic mass is 10.2. The van der Waals surface area contributed by atoms with E-state index in [1.807, 2.05) is 55.5 Å². The third-order valence-electron chi connectivity index (χ3n) is 3.19. The number of para-hydroxylation sites is 3. The minimum Gasteiger partial charge on any atom is -0.495 e. The summed E-state index contributed by atoms with van der Waals surface area (Å²) < 4.78 is 5.25. The molecule has 1 amide bonds. The second-order valence-corrected chi connectivity index (χ2v) is 4.74. The number of anilines is 2. The van der Waals surface area contributed by atoms with Gasteiger partial charge in [-0.25, -0.2) is 0 Å². The zero-order chi connectivity index (χ0) is 15.1. The van der Waals surface area contributed by atoms with Gasteiger partial charge in [0.1, 0.15) is 5.75 Å². The fourth-order valence-electron chi connectivity index (χ4n) is 2.03. The number of amides is 1. The molecule has 0 fully saturated rings. The number of methoxy groups -OCH3 is 1. The van der Waals surface area contributed by atoms with Gasteiger partial charge in [0.2, 0.25) is 5.91 Å². The van der Waals surface area contributed by atoms with Crippen LogP contribution in [0.15, 0.2) is 48.5 Å². The van der Waals surface area contributed by atoms with Crippen molar-refractivity contribution in [3.63, 3.8) is 0 Å². The van der Waals surface area contributed by atoms with Gasteiger partial charge in [-0.15, -0.1) is 0 Å².